The highest BCUT2D eigenvalue weighted by molar-refractivity contribution is 5.88. The highest BCUT2D eigenvalue weighted by Crippen LogP contribution is 2.09. The molecule has 0 unspecified atom stereocenters. The van der Waals surface area contributed by atoms with Gasteiger partial charge in [-0.2, -0.15) is 0 Å². The van der Waals surface area contributed by atoms with Gasteiger partial charge in [0.2, 0.25) is 0 Å². The summed E-state index contributed by atoms with van der Waals surface area (Å²) in [6.07, 6.45) is 1.03. The predicted octanol–water partition coefficient (Wildman–Crippen LogP) is 1.63. The fourth-order valence-corrected chi connectivity index (χ4v) is 1.39. The van der Waals surface area contributed by atoms with Crippen LogP contribution in [0.3, 0.4) is 0 Å². The molecule has 0 saturated heterocycles. The molecule has 1 heterocycles. The van der Waals surface area contributed by atoms with Gasteiger partial charge in [0.25, 0.3) is 0 Å². The third kappa shape index (κ3) is 6.13. The molecule has 0 aliphatic rings. The highest BCUT2D eigenvalue weighted by Gasteiger charge is 2.15. The molecule has 7 nitrogen and oxygen atoms in total. The summed E-state index contributed by atoms with van der Waals surface area (Å²) in [4.78, 5) is 26.0. The highest BCUT2D eigenvalue weighted by atomic mass is 16.6. The van der Waals surface area contributed by atoms with Gasteiger partial charge < -0.3 is 20.9 Å². The molecule has 4 N–H and O–H groups in total. The van der Waals surface area contributed by atoms with Crippen LogP contribution in [-0.4, -0.2) is 34.3 Å². The zero-order chi connectivity index (χ0) is 16.8. The molecule has 0 saturated carbocycles. The normalized spacial score (nSPS) is 10.3. The summed E-state index contributed by atoms with van der Waals surface area (Å²) >= 11 is 0. The Balaban J connectivity index is 2.53. The smallest absolute Gasteiger partial charge is 0.407 e. The number of hydrogen-bond donors (Lipinski definition) is 3. The van der Waals surface area contributed by atoms with Gasteiger partial charge in [-0.3, -0.25) is 0 Å². The number of aromatic nitrogens is 1. The van der Waals surface area contributed by atoms with Crippen molar-refractivity contribution in [2.45, 2.75) is 32.8 Å². The number of hydrogen-bond acceptors (Lipinski definition) is 5. The van der Waals surface area contributed by atoms with Crippen molar-refractivity contribution in [3.05, 3.63) is 23.4 Å². The molecule has 7 heteroatoms. The zero-order valence-corrected chi connectivity index (χ0v) is 12.8. The van der Waals surface area contributed by atoms with E-state index < -0.39 is 17.7 Å². The quantitative estimate of drug-likeness (QED) is 0.577. The number of alkyl carbamates (subject to hydrolysis) is 1. The van der Waals surface area contributed by atoms with Crippen molar-refractivity contribution in [2.24, 2.45) is 0 Å². The Morgan fingerprint density at radius 3 is 2.73 bits per heavy atom. The number of rotatable bonds is 3. The van der Waals surface area contributed by atoms with Crippen molar-refractivity contribution in [2.75, 3.05) is 12.3 Å². The number of carboxylic acid groups (broad SMARTS) is 1. The first kappa shape index (κ1) is 17.3. The predicted molar refractivity (Wildman–Crippen MR) is 81.3 cm³/mol. The molecule has 0 aliphatic heterocycles. The van der Waals surface area contributed by atoms with Gasteiger partial charge in [0.05, 0.1) is 11.1 Å². The van der Waals surface area contributed by atoms with E-state index in [4.69, 9.17) is 15.6 Å². The maximum absolute atomic E-state index is 11.4. The molecule has 0 bridgehead atoms. The fraction of sp³-hybridized carbons (Fsp3) is 0.400. The number of carbonyl (C=O) groups excluding carboxylic acids is 1. The van der Waals surface area contributed by atoms with Gasteiger partial charge in [-0.1, -0.05) is 11.8 Å². The molecule has 22 heavy (non-hydrogen) atoms. The van der Waals surface area contributed by atoms with Crippen molar-refractivity contribution in [1.29, 1.82) is 0 Å². The third-order valence-electron chi connectivity index (χ3n) is 2.31. The van der Waals surface area contributed by atoms with Crippen LogP contribution in [-0.2, 0) is 4.74 Å². The van der Waals surface area contributed by atoms with E-state index in [-0.39, 0.29) is 11.4 Å². The second-order valence-electron chi connectivity index (χ2n) is 5.44. The lowest BCUT2D eigenvalue weighted by Gasteiger charge is -2.19. The average molecular weight is 305 g/mol. The first-order chi connectivity index (χ1) is 10.2. The Labute approximate surface area is 128 Å². The van der Waals surface area contributed by atoms with E-state index in [1.54, 1.807) is 20.8 Å². The number of ether oxygens (including phenoxy) is 1. The lowest BCUT2D eigenvalue weighted by atomic mass is 10.2. The standard InChI is InChI=1S/C15H19N3O4/c1-15(2,3)22-14(21)17-7-5-4-6-10-8-11(13(19)20)9-18-12(10)16/h8-9H,5,7H2,1-3H3,(H2,16,18)(H,17,21)(H,19,20). The van der Waals surface area contributed by atoms with Gasteiger partial charge in [-0.25, -0.2) is 14.6 Å². The lowest BCUT2D eigenvalue weighted by molar-refractivity contribution is 0.0528. The van der Waals surface area contributed by atoms with E-state index in [0.29, 0.717) is 18.5 Å². The number of nitrogens with zero attached hydrogens (tertiary/aromatic N) is 1. The SMILES string of the molecule is CC(C)(C)OC(=O)NCCC#Cc1cc(C(=O)O)cnc1N. The maximum atomic E-state index is 11.4. The lowest BCUT2D eigenvalue weighted by Crippen LogP contribution is -2.32. The summed E-state index contributed by atoms with van der Waals surface area (Å²) in [6, 6.07) is 1.36. The number of aromatic carboxylic acids is 1. The molecule has 0 aliphatic carbocycles. The Morgan fingerprint density at radius 2 is 2.14 bits per heavy atom. The number of amides is 1. The van der Waals surface area contributed by atoms with Crippen LogP contribution in [0.1, 0.15) is 43.1 Å². The summed E-state index contributed by atoms with van der Waals surface area (Å²) in [5, 5.41) is 11.4. The Hall–Kier alpha value is -2.75. The van der Waals surface area contributed by atoms with Crippen LogP contribution in [0.25, 0.3) is 0 Å². The Kier molecular flexibility index (Phi) is 5.75. The number of nitrogen functional groups attached to an aromatic ring is 1. The third-order valence-corrected chi connectivity index (χ3v) is 2.31. The molecule has 0 aromatic carbocycles. The zero-order valence-electron chi connectivity index (χ0n) is 12.8. The van der Waals surface area contributed by atoms with Gasteiger partial charge in [-0.05, 0) is 26.8 Å². The monoisotopic (exact) mass is 305 g/mol. The van der Waals surface area contributed by atoms with Crippen LogP contribution in [0.4, 0.5) is 10.6 Å². The molecule has 1 amide bonds. The van der Waals surface area contributed by atoms with Crippen LogP contribution in [0, 0.1) is 11.8 Å². The summed E-state index contributed by atoms with van der Waals surface area (Å²) in [5.74, 6) is 4.60. The number of carbonyl (C=O) groups is 2. The molecule has 0 atom stereocenters. The molecule has 1 aromatic rings. The molecule has 1 aromatic heterocycles. The molecule has 0 fully saturated rings. The first-order valence-corrected chi connectivity index (χ1v) is 6.63. The summed E-state index contributed by atoms with van der Waals surface area (Å²) in [6.45, 7) is 5.64. The number of nitrogens with one attached hydrogen (secondary N) is 1. The van der Waals surface area contributed by atoms with Gasteiger partial charge in [0, 0.05) is 19.2 Å². The van der Waals surface area contributed by atoms with Gasteiger partial charge >= 0.3 is 12.1 Å². The molecule has 118 valence electrons. The molecule has 1 rings (SSSR count). The van der Waals surface area contributed by atoms with E-state index >= 15 is 0 Å². The fourth-order valence-electron chi connectivity index (χ4n) is 1.39. The minimum Gasteiger partial charge on any atom is -0.478 e. The maximum Gasteiger partial charge on any atom is 0.407 e. The molecular formula is C15H19N3O4. The van der Waals surface area contributed by atoms with E-state index in [0.717, 1.165) is 0 Å². The Bertz CT molecular complexity index is 624. The van der Waals surface area contributed by atoms with Crippen LogP contribution in [0.2, 0.25) is 0 Å². The van der Waals surface area contributed by atoms with E-state index in [1.165, 1.54) is 12.3 Å². The number of anilines is 1. The van der Waals surface area contributed by atoms with E-state index in [2.05, 4.69) is 22.1 Å². The molecule has 0 radical (unpaired) electrons. The number of nitrogens with two attached hydrogens (primary N) is 1. The van der Waals surface area contributed by atoms with Crippen LogP contribution in [0.15, 0.2) is 12.3 Å². The van der Waals surface area contributed by atoms with Crippen LogP contribution in [0.5, 0.6) is 0 Å². The van der Waals surface area contributed by atoms with Crippen molar-refractivity contribution in [1.82, 2.24) is 10.3 Å². The largest absolute Gasteiger partial charge is 0.478 e. The minimum absolute atomic E-state index is 0.0189. The topological polar surface area (TPSA) is 115 Å². The first-order valence-electron chi connectivity index (χ1n) is 6.63. The van der Waals surface area contributed by atoms with Gasteiger partial charge in [0.1, 0.15) is 11.4 Å². The van der Waals surface area contributed by atoms with Crippen molar-refractivity contribution < 1.29 is 19.4 Å². The summed E-state index contributed by atoms with van der Waals surface area (Å²) in [7, 11) is 0. The van der Waals surface area contributed by atoms with Gasteiger partial charge in [-0.15, -0.1) is 0 Å². The van der Waals surface area contributed by atoms with Crippen LogP contribution < -0.4 is 11.1 Å². The van der Waals surface area contributed by atoms with E-state index in [9.17, 15) is 9.59 Å². The van der Waals surface area contributed by atoms with Crippen molar-refractivity contribution in [3.63, 3.8) is 0 Å². The summed E-state index contributed by atoms with van der Waals surface area (Å²) < 4.78 is 5.07. The number of pyridine rings is 1. The van der Waals surface area contributed by atoms with E-state index in [1.807, 2.05) is 0 Å². The minimum atomic E-state index is -1.10. The Morgan fingerprint density at radius 1 is 1.45 bits per heavy atom. The summed E-state index contributed by atoms with van der Waals surface area (Å²) in [5.41, 5.74) is 5.44. The second kappa shape index (κ2) is 7.31. The second-order valence-corrected chi connectivity index (χ2v) is 5.44. The van der Waals surface area contributed by atoms with Crippen molar-refractivity contribution >= 4 is 17.9 Å². The van der Waals surface area contributed by atoms with Crippen LogP contribution >= 0.6 is 0 Å². The number of carboxylic acids is 1. The average Bonchev–Trinajstić information content (AvgIpc) is 2.37. The van der Waals surface area contributed by atoms with Crippen molar-refractivity contribution in [3.8, 4) is 11.8 Å². The molecule has 0 spiro atoms. The van der Waals surface area contributed by atoms with Gasteiger partial charge in [0.15, 0.2) is 0 Å². The molecular weight excluding hydrogens is 286 g/mol.